The Morgan fingerprint density at radius 1 is 1.29 bits per heavy atom. The van der Waals surface area contributed by atoms with Crippen molar-refractivity contribution >= 4 is 29.3 Å². The Morgan fingerprint density at radius 3 is 2.71 bits per heavy atom. The molecule has 2 aromatic rings. The van der Waals surface area contributed by atoms with E-state index < -0.39 is 12.0 Å². The standard InChI is InChI=1S/C14H13ClN2O4/c1-8-2-4-10(15)11(6-8)17-14(20)16-7-9-3-5-12(21-9)13(18)19/h2-6H,7H2,1H3,(H,18,19)(H2,16,17,20). The minimum Gasteiger partial charge on any atom is -0.475 e. The Labute approximate surface area is 125 Å². The van der Waals surface area contributed by atoms with Gasteiger partial charge in [-0.3, -0.25) is 0 Å². The molecule has 1 aromatic heterocycles. The molecule has 7 heteroatoms. The molecule has 0 saturated carbocycles. The maximum absolute atomic E-state index is 11.8. The van der Waals surface area contributed by atoms with Crippen molar-refractivity contribution in [2.75, 3.05) is 5.32 Å². The van der Waals surface area contributed by atoms with Gasteiger partial charge in [0.25, 0.3) is 0 Å². The fraction of sp³-hybridized carbons (Fsp3) is 0.143. The van der Waals surface area contributed by atoms with Crippen LogP contribution >= 0.6 is 11.6 Å². The van der Waals surface area contributed by atoms with Gasteiger partial charge in [0.05, 0.1) is 17.3 Å². The number of carbonyl (C=O) groups excluding carboxylic acids is 1. The Kier molecular flexibility index (Phi) is 4.49. The van der Waals surface area contributed by atoms with Crippen LogP contribution in [0, 0.1) is 6.92 Å². The van der Waals surface area contributed by atoms with Crippen molar-refractivity contribution in [1.29, 1.82) is 0 Å². The fourth-order valence-electron chi connectivity index (χ4n) is 1.66. The second-order valence-corrected chi connectivity index (χ2v) is 4.77. The average molecular weight is 309 g/mol. The summed E-state index contributed by atoms with van der Waals surface area (Å²) in [4.78, 5) is 22.4. The number of amides is 2. The van der Waals surface area contributed by atoms with E-state index in [4.69, 9.17) is 21.1 Å². The molecule has 1 heterocycles. The molecular formula is C14H13ClN2O4. The molecule has 21 heavy (non-hydrogen) atoms. The number of furan rings is 1. The van der Waals surface area contributed by atoms with Crippen molar-refractivity contribution < 1.29 is 19.1 Å². The van der Waals surface area contributed by atoms with Gasteiger partial charge >= 0.3 is 12.0 Å². The van der Waals surface area contributed by atoms with Crippen LogP contribution < -0.4 is 10.6 Å². The van der Waals surface area contributed by atoms with Gasteiger partial charge in [-0.25, -0.2) is 9.59 Å². The molecule has 2 amide bonds. The quantitative estimate of drug-likeness (QED) is 0.808. The predicted molar refractivity (Wildman–Crippen MR) is 77.7 cm³/mol. The van der Waals surface area contributed by atoms with Crippen LogP contribution in [-0.4, -0.2) is 17.1 Å². The molecule has 110 valence electrons. The maximum Gasteiger partial charge on any atom is 0.371 e. The van der Waals surface area contributed by atoms with Crippen molar-refractivity contribution in [1.82, 2.24) is 5.32 Å². The summed E-state index contributed by atoms with van der Waals surface area (Å²) in [5.74, 6) is -0.982. The first-order valence-electron chi connectivity index (χ1n) is 6.08. The first-order valence-corrected chi connectivity index (χ1v) is 6.46. The number of nitrogens with one attached hydrogen (secondary N) is 2. The van der Waals surface area contributed by atoms with E-state index in [2.05, 4.69) is 10.6 Å². The molecule has 0 aliphatic heterocycles. The molecule has 0 saturated heterocycles. The lowest BCUT2D eigenvalue weighted by Crippen LogP contribution is -2.28. The normalized spacial score (nSPS) is 10.2. The number of carboxylic acids is 1. The number of anilines is 1. The number of hydrogen-bond donors (Lipinski definition) is 3. The van der Waals surface area contributed by atoms with Crippen molar-refractivity contribution in [2.45, 2.75) is 13.5 Å². The highest BCUT2D eigenvalue weighted by Gasteiger charge is 2.10. The monoisotopic (exact) mass is 308 g/mol. The third-order valence-electron chi connectivity index (χ3n) is 2.67. The predicted octanol–water partition coefficient (Wildman–Crippen LogP) is 3.26. The van der Waals surface area contributed by atoms with Crippen LogP contribution in [0.15, 0.2) is 34.7 Å². The molecule has 2 rings (SSSR count). The van der Waals surface area contributed by atoms with Crippen LogP contribution in [0.1, 0.15) is 21.9 Å². The molecule has 0 radical (unpaired) electrons. The minimum absolute atomic E-state index is 0.0720. The third kappa shape index (κ3) is 4.00. The van der Waals surface area contributed by atoms with Gasteiger partial charge in [-0.2, -0.15) is 0 Å². The third-order valence-corrected chi connectivity index (χ3v) is 3.00. The lowest BCUT2D eigenvalue weighted by molar-refractivity contribution is 0.0660. The average Bonchev–Trinajstić information content (AvgIpc) is 2.90. The number of aryl methyl sites for hydroxylation is 1. The summed E-state index contributed by atoms with van der Waals surface area (Å²) in [7, 11) is 0. The summed E-state index contributed by atoms with van der Waals surface area (Å²) in [5, 5.41) is 14.3. The number of hydrogen-bond acceptors (Lipinski definition) is 3. The Morgan fingerprint density at radius 2 is 2.05 bits per heavy atom. The Bertz CT molecular complexity index is 681. The zero-order valence-electron chi connectivity index (χ0n) is 11.1. The van der Waals surface area contributed by atoms with E-state index in [0.717, 1.165) is 5.56 Å². The van der Waals surface area contributed by atoms with Crippen molar-refractivity contribution in [2.24, 2.45) is 0 Å². The largest absolute Gasteiger partial charge is 0.475 e. The highest BCUT2D eigenvalue weighted by Crippen LogP contribution is 2.22. The number of halogens is 1. The van der Waals surface area contributed by atoms with Gasteiger partial charge < -0.3 is 20.2 Å². The van der Waals surface area contributed by atoms with Crippen molar-refractivity contribution in [3.63, 3.8) is 0 Å². The van der Waals surface area contributed by atoms with Gasteiger partial charge in [0.15, 0.2) is 0 Å². The topological polar surface area (TPSA) is 91.6 Å². The number of carboxylic acid groups (broad SMARTS) is 1. The van der Waals surface area contributed by atoms with Gasteiger partial charge in [0, 0.05) is 0 Å². The van der Waals surface area contributed by atoms with E-state index in [-0.39, 0.29) is 12.3 Å². The summed E-state index contributed by atoms with van der Waals surface area (Å²) >= 11 is 5.97. The van der Waals surface area contributed by atoms with Crippen LogP contribution in [0.3, 0.4) is 0 Å². The van der Waals surface area contributed by atoms with Crippen LogP contribution in [0.25, 0.3) is 0 Å². The molecule has 0 aliphatic rings. The van der Waals surface area contributed by atoms with Crippen LogP contribution in [0.2, 0.25) is 5.02 Å². The first kappa shape index (κ1) is 14.9. The number of benzene rings is 1. The zero-order valence-corrected chi connectivity index (χ0v) is 11.9. The maximum atomic E-state index is 11.8. The van der Waals surface area contributed by atoms with Crippen molar-refractivity contribution in [3.05, 3.63) is 52.4 Å². The molecule has 0 unspecified atom stereocenters. The van der Waals surface area contributed by atoms with Crippen LogP contribution in [0.4, 0.5) is 10.5 Å². The van der Waals surface area contributed by atoms with Crippen molar-refractivity contribution in [3.8, 4) is 0 Å². The van der Waals surface area contributed by atoms with Gasteiger partial charge in [0.2, 0.25) is 5.76 Å². The van der Waals surface area contributed by atoms with Gasteiger partial charge in [0.1, 0.15) is 5.76 Å². The SMILES string of the molecule is Cc1ccc(Cl)c(NC(=O)NCc2ccc(C(=O)O)o2)c1. The van der Waals surface area contributed by atoms with Gasteiger partial charge in [-0.05, 0) is 36.8 Å². The zero-order chi connectivity index (χ0) is 15.4. The highest BCUT2D eigenvalue weighted by atomic mass is 35.5. The van der Waals surface area contributed by atoms with E-state index in [1.165, 1.54) is 12.1 Å². The number of rotatable bonds is 4. The number of urea groups is 1. The Balaban J connectivity index is 1.92. The first-order chi connectivity index (χ1) is 9.95. The smallest absolute Gasteiger partial charge is 0.371 e. The molecule has 1 aromatic carbocycles. The second kappa shape index (κ2) is 6.32. The number of carbonyl (C=O) groups is 2. The molecule has 0 bridgehead atoms. The second-order valence-electron chi connectivity index (χ2n) is 4.36. The van der Waals surface area contributed by atoms with Crippen LogP contribution in [0.5, 0.6) is 0 Å². The molecule has 6 nitrogen and oxygen atoms in total. The van der Waals surface area contributed by atoms with E-state index >= 15 is 0 Å². The molecule has 3 N–H and O–H groups in total. The van der Waals surface area contributed by atoms with E-state index in [1.807, 2.05) is 13.0 Å². The summed E-state index contributed by atoms with van der Waals surface area (Å²) in [6, 6.07) is 7.63. The van der Waals surface area contributed by atoms with E-state index in [9.17, 15) is 9.59 Å². The van der Waals surface area contributed by atoms with E-state index in [0.29, 0.717) is 16.5 Å². The van der Waals surface area contributed by atoms with E-state index in [1.54, 1.807) is 12.1 Å². The highest BCUT2D eigenvalue weighted by molar-refractivity contribution is 6.33. The summed E-state index contributed by atoms with van der Waals surface area (Å²) in [5.41, 5.74) is 1.46. The summed E-state index contributed by atoms with van der Waals surface area (Å²) < 4.78 is 5.02. The van der Waals surface area contributed by atoms with Gasteiger partial charge in [-0.1, -0.05) is 17.7 Å². The Hall–Kier alpha value is -2.47. The van der Waals surface area contributed by atoms with Crippen LogP contribution in [-0.2, 0) is 6.54 Å². The molecule has 0 fully saturated rings. The molecule has 0 aliphatic carbocycles. The fourth-order valence-corrected chi connectivity index (χ4v) is 1.82. The minimum atomic E-state index is -1.16. The molecular weight excluding hydrogens is 296 g/mol. The summed E-state index contributed by atoms with van der Waals surface area (Å²) in [6.07, 6.45) is 0. The lowest BCUT2D eigenvalue weighted by Gasteiger charge is -2.08. The molecule has 0 spiro atoms. The summed E-state index contributed by atoms with van der Waals surface area (Å²) in [6.45, 7) is 1.96. The van der Waals surface area contributed by atoms with Gasteiger partial charge in [-0.15, -0.1) is 0 Å². The molecule has 0 atom stereocenters. The lowest BCUT2D eigenvalue weighted by atomic mass is 10.2. The number of aromatic carboxylic acids is 1.